The Bertz CT molecular complexity index is 536. The van der Waals surface area contributed by atoms with Gasteiger partial charge >= 0.3 is 0 Å². The summed E-state index contributed by atoms with van der Waals surface area (Å²) in [5.41, 5.74) is 0.488. The second-order valence-electron chi connectivity index (χ2n) is 6.37. The minimum Gasteiger partial charge on any atom is -0.353 e. The Balaban J connectivity index is 0.00000576. The first kappa shape index (κ1) is 23.7. The van der Waals surface area contributed by atoms with Crippen LogP contribution in [0, 0.1) is 5.92 Å². The molecule has 1 aromatic carbocycles. The minimum absolute atomic E-state index is 0. The van der Waals surface area contributed by atoms with E-state index in [1.807, 2.05) is 27.7 Å². The lowest BCUT2D eigenvalue weighted by atomic mass is 10.0. The molecule has 0 aliphatic rings. The number of hydrogen-bond acceptors (Lipinski definition) is 3. The van der Waals surface area contributed by atoms with Gasteiger partial charge < -0.3 is 16.0 Å². The van der Waals surface area contributed by atoms with Gasteiger partial charge in [-0.3, -0.25) is 9.59 Å². The number of carbonyl (C=O) groups is 2. The molecule has 0 aliphatic heterocycles. The Morgan fingerprint density at radius 3 is 2.24 bits per heavy atom. The van der Waals surface area contributed by atoms with Crippen LogP contribution in [0.3, 0.4) is 0 Å². The molecule has 0 radical (unpaired) electrons. The number of rotatable bonds is 9. The van der Waals surface area contributed by atoms with Gasteiger partial charge in [0.05, 0.1) is 0 Å². The molecule has 2 amide bonds. The Morgan fingerprint density at radius 1 is 1.12 bits per heavy atom. The van der Waals surface area contributed by atoms with Gasteiger partial charge in [0.25, 0.3) is 5.91 Å². The SMILES string of the molecule is CCN[C@H](C)CNC(=O)C(CC(C)C)NC(=O)c1ccc(Cl)cc1.Cl. The minimum atomic E-state index is -0.554. The van der Waals surface area contributed by atoms with Crippen LogP contribution in [0.25, 0.3) is 0 Å². The average Bonchev–Trinajstić information content (AvgIpc) is 2.52. The van der Waals surface area contributed by atoms with Crippen molar-refractivity contribution >= 4 is 35.8 Å². The van der Waals surface area contributed by atoms with E-state index in [9.17, 15) is 9.59 Å². The average molecular weight is 390 g/mol. The van der Waals surface area contributed by atoms with Gasteiger partial charge in [0.15, 0.2) is 0 Å². The molecule has 2 atom stereocenters. The highest BCUT2D eigenvalue weighted by Crippen LogP contribution is 2.11. The van der Waals surface area contributed by atoms with E-state index < -0.39 is 6.04 Å². The van der Waals surface area contributed by atoms with E-state index in [2.05, 4.69) is 16.0 Å². The standard InChI is InChI=1S/C18H28ClN3O2.ClH/c1-5-20-13(4)11-21-18(24)16(10-12(2)3)22-17(23)14-6-8-15(19)9-7-14;/h6-9,12-13,16,20H,5,10-11H2,1-4H3,(H,21,24)(H,22,23);1H/t13-,16?;/m1./s1. The van der Waals surface area contributed by atoms with E-state index in [-0.39, 0.29) is 36.2 Å². The van der Waals surface area contributed by atoms with Gasteiger partial charge in [0, 0.05) is 23.2 Å². The molecule has 25 heavy (non-hydrogen) atoms. The predicted molar refractivity (Wildman–Crippen MR) is 106 cm³/mol. The molecule has 142 valence electrons. The van der Waals surface area contributed by atoms with E-state index in [4.69, 9.17) is 11.6 Å². The molecule has 0 bridgehead atoms. The van der Waals surface area contributed by atoms with Gasteiger partial charge in [-0.25, -0.2) is 0 Å². The van der Waals surface area contributed by atoms with Crippen LogP contribution in [-0.2, 0) is 4.79 Å². The molecule has 7 heteroatoms. The summed E-state index contributed by atoms with van der Waals surface area (Å²) in [5.74, 6) is -0.138. The van der Waals surface area contributed by atoms with E-state index in [0.717, 1.165) is 6.54 Å². The van der Waals surface area contributed by atoms with Crippen molar-refractivity contribution in [1.82, 2.24) is 16.0 Å². The summed E-state index contributed by atoms with van der Waals surface area (Å²) in [6, 6.07) is 6.25. The summed E-state index contributed by atoms with van der Waals surface area (Å²) in [6.07, 6.45) is 0.584. The number of hydrogen-bond donors (Lipinski definition) is 3. The van der Waals surface area contributed by atoms with Crippen molar-refractivity contribution in [3.8, 4) is 0 Å². The molecule has 5 nitrogen and oxygen atoms in total. The topological polar surface area (TPSA) is 70.2 Å². The molecule has 0 heterocycles. The second-order valence-corrected chi connectivity index (χ2v) is 6.80. The number of benzene rings is 1. The number of amides is 2. The van der Waals surface area contributed by atoms with Crippen molar-refractivity contribution in [2.45, 2.75) is 46.2 Å². The Labute approximate surface area is 161 Å². The first-order valence-electron chi connectivity index (χ1n) is 8.41. The van der Waals surface area contributed by atoms with Crippen LogP contribution in [0.2, 0.25) is 5.02 Å². The third kappa shape index (κ3) is 9.10. The maximum atomic E-state index is 12.4. The van der Waals surface area contributed by atoms with Crippen molar-refractivity contribution in [3.63, 3.8) is 0 Å². The van der Waals surface area contributed by atoms with E-state index >= 15 is 0 Å². The zero-order chi connectivity index (χ0) is 18.1. The molecule has 0 saturated heterocycles. The third-order valence-corrected chi connectivity index (χ3v) is 3.82. The predicted octanol–water partition coefficient (Wildman–Crippen LogP) is 3.02. The molecular formula is C18H29Cl2N3O2. The summed E-state index contributed by atoms with van der Waals surface area (Å²) in [4.78, 5) is 24.8. The Hall–Kier alpha value is -1.30. The molecular weight excluding hydrogens is 361 g/mol. The molecule has 0 saturated carbocycles. The van der Waals surface area contributed by atoms with Crippen LogP contribution in [0.1, 0.15) is 44.5 Å². The molecule has 0 aliphatic carbocycles. The molecule has 0 spiro atoms. The second kappa shape index (κ2) is 12.1. The van der Waals surface area contributed by atoms with Crippen molar-refractivity contribution in [2.75, 3.05) is 13.1 Å². The molecule has 0 fully saturated rings. The Kier molecular flexibility index (Phi) is 11.5. The third-order valence-electron chi connectivity index (χ3n) is 3.57. The largest absolute Gasteiger partial charge is 0.353 e. The zero-order valence-corrected chi connectivity index (χ0v) is 16.8. The first-order valence-corrected chi connectivity index (χ1v) is 8.78. The summed E-state index contributed by atoms with van der Waals surface area (Å²) in [7, 11) is 0. The van der Waals surface area contributed by atoms with E-state index in [0.29, 0.717) is 23.6 Å². The van der Waals surface area contributed by atoms with Gasteiger partial charge in [0.1, 0.15) is 6.04 Å². The highest BCUT2D eigenvalue weighted by Gasteiger charge is 2.22. The normalized spacial score (nSPS) is 12.9. The van der Waals surface area contributed by atoms with Crippen LogP contribution in [0.15, 0.2) is 24.3 Å². The van der Waals surface area contributed by atoms with Crippen LogP contribution >= 0.6 is 24.0 Å². The molecule has 1 rings (SSSR count). The van der Waals surface area contributed by atoms with Crippen LogP contribution in [-0.4, -0.2) is 37.0 Å². The van der Waals surface area contributed by atoms with Gasteiger partial charge in [0.2, 0.25) is 5.91 Å². The number of nitrogens with one attached hydrogen (secondary N) is 3. The quantitative estimate of drug-likeness (QED) is 0.607. The Morgan fingerprint density at radius 2 is 1.72 bits per heavy atom. The van der Waals surface area contributed by atoms with Gasteiger partial charge in [-0.1, -0.05) is 32.4 Å². The fourth-order valence-corrected chi connectivity index (χ4v) is 2.47. The zero-order valence-electron chi connectivity index (χ0n) is 15.3. The lowest BCUT2D eigenvalue weighted by Gasteiger charge is -2.21. The highest BCUT2D eigenvalue weighted by atomic mass is 35.5. The molecule has 1 unspecified atom stereocenters. The number of carbonyl (C=O) groups excluding carboxylic acids is 2. The van der Waals surface area contributed by atoms with Crippen LogP contribution < -0.4 is 16.0 Å². The molecule has 1 aromatic rings. The smallest absolute Gasteiger partial charge is 0.251 e. The van der Waals surface area contributed by atoms with Crippen molar-refractivity contribution in [2.24, 2.45) is 5.92 Å². The number of likely N-dealkylation sites (N-methyl/N-ethyl adjacent to an activating group) is 1. The summed E-state index contributed by atoms with van der Waals surface area (Å²) >= 11 is 5.84. The van der Waals surface area contributed by atoms with Crippen LogP contribution in [0.5, 0.6) is 0 Å². The fourth-order valence-electron chi connectivity index (χ4n) is 2.34. The monoisotopic (exact) mass is 389 g/mol. The number of halogens is 2. The first-order chi connectivity index (χ1) is 11.3. The fraction of sp³-hybridized carbons (Fsp3) is 0.556. The van der Waals surface area contributed by atoms with Gasteiger partial charge in [-0.2, -0.15) is 0 Å². The van der Waals surface area contributed by atoms with Crippen molar-refractivity contribution in [3.05, 3.63) is 34.9 Å². The van der Waals surface area contributed by atoms with Gasteiger partial charge in [-0.15, -0.1) is 12.4 Å². The summed E-state index contributed by atoms with van der Waals surface area (Å²) in [5, 5.41) is 9.53. The van der Waals surface area contributed by atoms with Gasteiger partial charge in [-0.05, 0) is 50.1 Å². The van der Waals surface area contributed by atoms with Crippen molar-refractivity contribution < 1.29 is 9.59 Å². The van der Waals surface area contributed by atoms with Crippen LogP contribution in [0.4, 0.5) is 0 Å². The lowest BCUT2D eigenvalue weighted by Crippen LogP contribution is -2.50. The van der Waals surface area contributed by atoms with E-state index in [1.165, 1.54) is 0 Å². The summed E-state index contributed by atoms with van der Waals surface area (Å²) < 4.78 is 0. The summed E-state index contributed by atoms with van der Waals surface area (Å²) in [6.45, 7) is 9.45. The maximum Gasteiger partial charge on any atom is 0.251 e. The lowest BCUT2D eigenvalue weighted by molar-refractivity contribution is -0.123. The maximum absolute atomic E-state index is 12.4. The highest BCUT2D eigenvalue weighted by molar-refractivity contribution is 6.30. The van der Waals surface area contributed by atoms with Crippen molar-refractivity contribution in [1.29, 1.82) is 0 Å². The molecule has 3 N–H and O–H groups in total. The molecule has 0 aromatic heterocycles. The van der Waals surface area contributed by atoms with E-state index in [1.54, 1.807) is 24.3 Å².